The van der Waals surface area contributed by atoms with Crippen LogP contribution in [0.1, 0.15) is 31.4 Å². The van der Waals surface area contributed by atoms with Gasteiger partial charge in [0.1, 0.15) is 0 Å². The molecule has 0 aliphatic heterocycles. The van der Waals surface area contributed by atoms with Gasteiger partial charge in [-0.25, -0.2) is 0 Å². The Bertz CT molecular complexity index is 354. The number of thiazole rings is 1. The summed E-state index contributed by atoms with van der Waals surface area (Å²) in [4.78, 5) is 13.7. The molecular formula is C11H19N3OS. The van der Waals surface area contributed by atoms with Crippen LogP contribution in [0.5, 0.6) is 0 Å². The molecule has 0 saturated heterocycles. The van der Waals surface area contributed by atoms with Gasteiger partial charge in [0.05, 0.1) is 0 Å². The van der Waals surface area contributed by atoms with Crippen LogP contribution < -0.4 is 15.5 Å². The van der Waals surface area contributed by atoms with Crippen molar-refractivity contribution < 1.29 is 0 Å². The van der Waals surface area contributed by atoms with Crippen molar-refractivity contribution in [2.75, 3.05) is 13.1 Å². The van der Waals surface area contributed by atoms with E-state index in [1.807, 2.05) is 5.38 Å². The molecule has 0 radical (unpaired) electrons. The van der Waals surface area contributed by atoms with Crippen molar-refractivity contribution in [3.63, 3.8) is 0 Å². The molecule has 90 valence electrons. The van der Waals surface area contributed by atoms with Crippen LogP contribution in [-0.4, -0.2) is 24.1 Å². The molecule has 1 saturated carbocycles. The summed E-state index contributed by atoms with van der Waals surface area (Å²) < 4.78 is 0. The fourth-order valence-corrected chi connectivity index (χ4v) is 2.70. The lowest BCUT2D eigenvalue weighted by Gasteiger charge is -2.11. The maximum absolute atomic E-state index is 10.9. The van der Waals surface area contributed by atoms with Crippen molar-refractivity contribution in [2.45, 2.75) is 38.3 Å². The Morgan fingerprint density at radius 3 is 2.88 bits per heavy atom. The largest absolute Gasteiger partial charge is 0.315 e. The Hall–Kier alpha value is -0.650. The maximum Gasteiger partial charge on any atom is 0.304 e. The summed E-state index contributed by atoms with van der Waals surface area (Å²) >= 11 is 1.22. The van der Waals surface area contributed by atoms with Crippen LogP contribution in [0.2, 0.25) is 0 Å². The molecule has 16 heavy (non-hydrogen) atoms. The normalized spacial score (nSPS) is 17.0. The van der Waals surface area contributed by atoms with Gasteiger partial charge in [0, 0.05) is 36.8 Å². The van der Waals surface area contributed by atoms with Crippen LogP contribution in [-0.2, 0) is 6.54 Å². The first-order chi connectivity index (χ1) is 7.84. The van der Waals surface area contributed by atoms with Crippen molar-refractivity contribution in [2.24, 2.45) is 0 Å². The molecule has 1 fully saturated rings. The lowest BCUT2D eigenvalue weighted by atomic mass is 10.2. The minimum Gasteiger partial charge on any atom is -0.315 e. The lowest BCUT2D eigenvalue weighted by Crippen LogP contribution is -2.33. The first-order valence-electron chi connectivity index (χ1n) is 5.95. The third-order valence-electron chi connectivity index (χ3n) is 2.98. The first kappa shape index (κ1) is 11.8. The first-order valence-corrected chi connectivity index (χ1v) is 6.83. The second-order valence-electron chi connectivity index (χ2n) is 4.29. The van der Waals surface area contributed by atoms with E-state index in [2.05, 4.69) is 15.6 Å². The van der Waals surface area contributed by atoms with Crippen LogP contribution in [0.25, 0.3) is 0 Å². The van der Waals surface area contributed by atoms with Gasteiger partial charge in [0.2, 0.25) is 0 Å². The third-order valence-corrected chi connectivity index (χ3v) is 3.69. The maximum atomic E-state index is 10.9. The Kier molecular flexibility index (Phi) is 4.56. The van der Waals surface area contributed by atoms with E-state index in [1.54, 1.807) is 0 Å². The fourth-order valence-electron chi connectivity index (χ4n) is 2.12. The van der Waals surface area contributed by atoms with Gasteiger partial charge in [-0.05, 0) is 12.8 Å². The predicted molar refractivity (Wildman–Crippen MR) is 66.9 cm³/mol. The molecule has 0 unspecified atom stereocenters. The number of rotatable bonds is 6. The van der Waals surface area contributed by atoms with Gasteiger partial charge in [-0.2, -0.15) is 0 Å². The van der Waals surface area contributed by atoms with Crippen molar-refractivity contribution in [3.05, 3.63) is 20.7 Å². The fraction of sp³-hybridized carbons (Fsp3) is 0.727. The van der Waals surface area contributed by atoms with E-state index in [0.717, 1.165) is 31.4 Å². The zero-order valence-electron chi connectivity index (χ0n) is 9.42. The van der Waals surface area contributed by atoms with Gasteiger partial charge < -0.3 is 15.6 Å². The minimum atomic E-state index is 0.0286. The topological polar surface area (TPSA) is 56.9 Å². The zero-order valence-corrected chi connectivity index (χ0v) is 10.2. The molecule has 0 atom stereocenters. The summed E-state index contributed by atoms with van der Waals surface area (Å²) in [6.07, 6.45) is 5.41. The van der Waals surface area contributed by atoms with E-state index in [0.29, 0.717) is 0 Å². The Balaban J connectivity index is 1.53. The molecule has 2 rings (SSSR count). The van der Waals surface area contributed by atoms with Crippen molar-refractivity contribution >= 4 is 11.3 Å². The minimum absolute atomic E-state index is 0.0286. The molecule has 1 heterocycles. The third kappa shape index (κ3) is 3.73. The summed E-state index contributed by atoms with van der Waals surface area (Å²) in [7, 11) is 0. The highest BCUT2D eigenvalue weighted by atomic mass is 32.1. The quantitative estimate of drug-likeness (QED) is 0.653. The van der Waals surface area contributed by atoms with Gasteiger partial charge in [0.15, 0.2) is 0 Å². The second kappa shape index (κ2) is 6.18. The standard InChI is InChI=1S/C11H19N3OS/c15-11-14-10(8-16-11)7-12-5-6-13-9-3-1-2-4-9/h8-9,12-13H,1-7H2,(H,14,15). The van der Waals surface area contributed by atoms with E-state index < -0.39 is 0 Å². The molecular weight excluding hydrogens is 222 g/mol. The number of H-pyrrole nitrogens is 1. The number of nitrogens with one attached hydrogen (secondary N) is 3. The molecule has 0 aromatic carbocycles. The molecule has 0 amide bonds. The molecule has 3 N–H and O–H groups in total. The SMILES string of the molecule is O=c1[nH]c(CNCCNC2CCCC2)cs1. The van der Waals surface area contributed by atoms with Crippen LogP contribution >= 0.6 is 11.3 Å². The smallest absolute Gasteiger partial charge is 0.304 e. The van der Waals surface area contributed by atoms with E-state index in [4.69, 9.17) is 0 Å². The van der Waals surface area contributed by atoms with Crippen LogP contribution in [0.3, 0.4) is 0 Å². The van der Waals surface area contributed by atoms with Crippen LogP contribution in [0.15, 0.2) is 10.2 Å². The number of hydrogen-bond donors (Lipinski definition) is 3. The molecule has 1 aliphatic carbocycles. The average molecular weight is 241 g/mol. The van der Waals surface area contributed by atoms with Crippen LogP contribution in [0, 0.1) is 0 Å². The van der Waals surface area contributed by atoms with E-state index >= 15 is 0 Å². The monoisotopic (exact) mass is 241 g/mol. The van der Waals surface area contributed by atoms with Gasteiger partial charge >= 0.3 is 4.87 Å². The Morgan fingerprint density at radius 2 is 2.19 bits per heavy atom. The van der Waals surface area contributed by atoms with Gasteiger partial charge in [0.25, 0.3) is 0 Å². The summed E-state index contributed by atoms with van der Waals surface area (Å²) in [6.45, 7) is 2.72. The van der Waals surface area contributed by atoms with Crippen molar-refractivity contribution in [3.8, 4) is 0 Å². The highest BCUT2D eigenvalue weighted by Gasteiger charge is 2.12. The van der Waals surface area contributed by atoms with Crippen molar-refractivity contribution in [1.82, 2.24) is 15.6 Å². The number of aromatic amines is 1. The summed E-state index contributed by atoms with van der Waals surface area (Å²) in [6, 6.07) is 0.739. The van der Waals surface area contributed by atoms with Crippen molar-refractivity contribution in [1.29, 1.82) is 0 Å². The highest BCUT2D eigenvalue weighted by Crippen LogP contribution is 2.16. The molecule has 0 bridgehead atoms. The molecule has 1 aromatic heterocycles. The zero-order chi connectivity index (χ0) is 11.2. The molecule has 0 spiro atoms. The van der Waals surface area contributed by atoms with Crippen LogP contribution in [0.4, 0.5) is 0 Å². The predicted octanol–water partition coefficient (Wildman–Crippen LogP) is 1.06. The Labute approximate surface area is 99.5 Å². The van der Waals surface area contributed by atoms with Gasteiger partial charge in [-0.1, -0.05) is 24.2 Å². The summed E-state index contributed by atoms with van der Waals surface area (Å²) in [5.41, 5.74) is 0.982. The van der Waals surface area contributed by atoms with E-state index in [1.165, 1.54) is 37.0 Å². The number of hydrogen-bond acceptors (Lipinski definition) is 4. The van der Waals surface area contributed by atoms with Gasteiger partial charge in [-0.15, -0.1) is 0 Å². The van der Waals surface area contributed by atoms with E-state index in [9.17, 15) is 4.79 Å². The summed E-state index contributed by atoms with van der Waals surface area (Å²) in [5.74, 6) is 0. The molecule has 1 aromatic rings. The molecule has 1 aliphatic rings. The Morgan fingerprint density at radius 1 is 1.38 bits per heavy atom. The van der Waals surface area contributed by atoms with Gasteiger partial charge in [-0.3, -0.25) is 4.79 Å². The summed E-state index contributed by atoms with van der Waals surface area (Å²) in [5, 5.41) is 8.73. The lowest BCUT2D eigenvalue weighted by molar-refractivity contribution is 0.508. The molecule has 4 nitrogen and oxygen atoms in total. The van der Waals surface area contributed by atoms with E-state index in [-0.39, 0.29) is 4.87 Å². The highest BCUT2D eigenvalue weighted by molar-refractivity contribution is 7.07. The second-order valence-corrected chi connectivity index (χ2v) is 5.13. The number of aromatic nitrogens is 1. The average Bonchev–Trinajstić information content (AvgIpc) is 2.89. The molecule has 5 heteroatoms.